The number of rotatable bonds is 0. The summed E-state index contributed by atoms with van der Waals surface area (Å²) in [5, 5.41) is 7.42. The number of carbonyl (C=O) groups is 1. The van der Waals surface area contributed by atoms with E-state index in [1.165, 1.54) is 0 Å². The van der Waals surface area contributed by atoms with E-state index in [2.05, 4.69) is 22.5 Å². The molecule has 0 fully saturated rings. The van der Waals surface area contributed by atoms with Gasteiger partial charge in [0.25, 0.3) is 5.97 Å². The van der Waals surface area contributed by atoms with E-state index in [0.717, 1.165) is 6.92 Å². The smallest absolute Gasteiger partial charge is 0.300 e. The van der Waals surface area contributed by atoms with Crippen LogP contribution in [0.25, 0.3) is 0 Å². The third-order valence-electron chi connectivity index (χ3n) is 0. The standard InChI is InChI=1S/C2H3Br.C2H4O2/c1-2-3;1-2(3)4/h2H,1H2;1H3,(H,3,4). The van der Waals surface area contributed by atoms with Gasteiger partial charge in [-0.2, -0.15) is 0 Å². The SMILES string of the molecule is C=CBr.CC(=O)O. The van der Waals surface area contributed by atoms with Crippen LogP contribution < -0.4 is 0 Å². The highest BCUT2D eigenvalue weighted by molar-refractivity contribution is 9.11. The van der Waals surface area contributed by atoms with Crippen molar-refractivity contribution in [3.63, 3.8) is 0 Å². The Morgan fingerprint density at radius 1 is 2.00 bits per heavy atom. The van der Waals surface area contributed by atoms with Gasteiger partial charge in [-0.05, 0) is 4.99 Å². The summed E-state index contributed by atoms with van der Waals surface area (Å²) in [6, 6.07) is 0. The van der Waals surface area contributed by atoms with Crippen LogP contribution in [-0.4, -0.2) is 11.1 Å². The van der Waals surface area contributed by atoms with Gasteiger partial charge in [0.15, 0.2) is 0 Å². The first-order chi connectivity index (χ1) is 3.15. The summed E-state index contributed by atoms with van der Waals surface area (Å²) in [6.07, 6.45) is 0. The molecule has 0 saturated carbocycles. The van der Waals surface area contributed by atoms with Gasteiger partial charge in [0.2, 0.25) is 0 Å². The topological polar surface area (TPSA) is 37.3 Å². The Hall–Kier alpha value is -0.310. The predicted octanol–water partition coefficient (Wildman–Crippen LogP) is 1.62. The van der Waals surface area contributed by atoms with Crippen LogP contribution in [0.15, 0.2) is 11.6 Å². The van der Waals surface area contributed by atoms with Crippen molar-refractivity contribution in [1.82, 2.24) is 0 Å². The lowest BCUT2D eigenvalue weighted by Gasteiger charge is -1.59. The van der Waals surface area contributed by atoms with Crippen molar-refractivity contribution >= 4 is 21.9 Å². The zero-order valence-corrected chi connectivity index (χ0v) is 5.60. The van der Waals surface area contributed by atoms with Crippen LogP contribution >= 0.6 is 15.9 Å². The first-order valence-electron chi connectivity index (χ1n) is 1.55. The Morgan fingerprint density at radius 3 is 2.00 bits per heavy atom. The Labute approximate surface area is 51.0 Å². The van der Waals surface area contributed by atoms with Crippen LogP contribution in [0.2, 0.25) is 0 Å². The van der Waals surface area contributed by atoms with Gasteiger partial charge in [0.05, 0.1) is 0 Å². The van der Waals surface area contributed by atoms with Gasteiger partial charge in [0, 0.05) is 6.92 Å². The average molecular weight is 167 g/mol. The molecular weight excluding hydrogens is 160 g/mol. The van der Waals surface area contributed by atoms with Crippen molar-refractivity contribution in [1.29, 1.82) is 0 Å². The van der Waals surface area contributed by atoms with Gasteiger partial charge < -0.3 is 5.11 Å². The van der Waals surface area contributed by atoms with E-state index < -0.39 is 5.97 Å². The summed E-state index contributed by atoms with van der Waals surface area (Å²) in [5.74, 6) is -0.833. The molecular formula is C4H7BrO2. The van der Waals surface area contributed by atoms with Gasteiger partial charge in [-0.25, -0.2) is 0 Å². The molecule has 0 atom stereocenters. The lowest BCUT2D eigenvalue weighted by Crippen LogP contribution is -1.78. The fourth-order valence-electron chi connectivity index (χ4n) is 0. The van der Waals surface area contributed by atoms with E-state index in [-0.39, 0.29) is 0 Å². The minimum atomic E-state index is -0.833. The lowest BCUT2D eigenvalue weighted by atomic mass is 10.9. The molecule has 0 spiro atoms. The Bertz CT molecular complexity index is 56.7. The summed E-state index contributed by atoms with van der Waals surface area (Å²) >= 11 is 2.91. The molecule has 0 heterocycles. The van der Waals surface area contributed by atoms with Gasteiger partial charge >= 0.3 is 0 Å². The summed E-state index contributed by atoms with van der Waals surface area (Å²) in [4.78, 5) is 10.6. The minimum absolute atomic E-state index is 0.833. The average Bonchev–Trinajstić information content (AvgIpc) is 1.33. The van der Waals surface area contributed by atoms with Gasteiger partial charge in [0.1, 0.15) is 0 Å². The quantitative estimate of drug-likeness (QED) is 0.595. The van der Waals surface area contributed by atoms with E-state index in [9.17, 15) is 0 Å². The first-order valence-corrected chi connectivity index (χ1v) is 2.47. The molecule has 0 amide bonds. The third-order valence-corrected chi connectivity index (χ3v) is 0. The normalized spacial score (nSPS) is 5.43. The summed E-state index contributed by atoms with van der Waals surface area (Å²) in [6.45, 7) is 4.36. The van der Waals surface area contributed by atoms with E-state index in [1.54, 1.807) is 4.99 Å². The number of hydrogen-bond acceptors (Lipinski definition) is 1. The molecule has 0 aromatic carbocycles. The Kier molecular flexibility index (Phi) is 12.9. The maximum absolute atomic E-state index is 9.00. The van der Waals surface area contributed by atoms with Crippen LogP contribution in [0.5, 0.6) is 0 Å². The van der Waals surface area contributed by atoms with Crippen molar-refractivity contribution < 1.29 is 9.90 Å². The number of carboxylic acids is 1. The second kappa shape index (κ2) is 9.19. The molecule has 2 nitrogen and oxygen atoms in total. The Morgan fingerprint density at radius 2 is 2.00 bits per heavy atom. The fourth-order valence-corrected chi connectivity index (χ4v) is 0. The van der Waals surface area contributed by atoms with Crippen molar-refractivity contribution in [2.75, 3.05) is 0 Å². The summed E-state index contributed by atoms with van der Waals surface area (Å²) in [5.41, 5.74) is 0. The second-order valence-electron chi connectivity index (χ2n) is 0.673. The summed E-state index contributed by atoms with van der Waals surface area (Å²) < 4.78 is 0. The molecule has 42 valence electrons. The molecule has 0 radical (unpaired) electrons. The molecule has 0 aliphatic rings. The van der Waals surface area contributed by atoms with Crippen molar-refractivity contribution in [2.24, 2.45) is 0 Å². The zero-order valence-electron chi connectivity index (χ0n) is 4.02. The van der Waals surface area contributed by atoms with Crippen molar-refractivity contribution in [2.45, 2.75) is 6.92 Å². The zero-order chi connectivity index (χ0) is 6.28. The molecule has 0 bridgehead atoms. The van der Waals surface area contributed by atoms with E-state index in [4.69, 9.17) is 9.90 Å². The van der Waals surface area contributed by atoms with Gasteiger partial charge in [-0.15, -0.1) is 0 Å². The molecule has 7 heavy (non-hydrogen) atoms. The van der Waals surface area contributed by atoms with Crippen LogP contribution in [0.1, 0.15) is 6.92 Å². The number of hydrogen-bond donors (Lipinski definition) is 1. The highest BCUT2D eigenvalue weighted by Crippen LogP contribution is 1.68. The third kappa shape index (κ3) is 806. The lowest BCUT2D eigenvalue weighted by molar-refractivity contribution is -0.134. The van der Waals surface area contributed by atoms with E-state index in [1.807, 2.05) is 0 Å². The maximum Gasteiger partial charge on any atom is 0.300 e. The minimum Gasteiger partial charge on any atom is -0.481 e. The summed E-state index contributed by atoms with van der Waals surface area (Å²) in [7, 11) is 0. The monoisotopic (exact) mass is 166 g/mol. The predicted molar refractivity (Wildman–Crippen MR) is 32.4 cm³/mol. The largest absolute Gasteiger partial charge is 0.481 e. The molecule has 0 unspecified atom stereocenters. The van der Waals surface area contributed by atoms with Crippen LogP contribution in [-0.2, 0) is 4.79 Å². The molecule has 0 aliphatic carbocycles. The second-order valence-corrected chi connectivity index (χ2v) is 1.32. The molecule has 0 aromatic rings. The fraction of sp³-hybridized carbons (Fsp3) is 0.250. The molecule has 0 aliphatic heterocycles. The first kappa shape index (κ1) is 9.85. The van der Waals surface area contributed by atoms with Crippen molar-refractivity contribution in [3.05, 3.63) is 11.6 Å². The highest BCUT2D eigenvalue weighted by atomic mass is 79.9. The maximum atomic E-state index is 9.00. The van der Waals surface area contributed by atoms with Crippen LogP contribution in [0.4, 0.5) is 0 Å². The van der Waals surface area contributed by atoms with Gasteiger partial charge in [-0.1, -0.05) is 22.5 Å². The number of aliphatic carboxylic acids is 1. The van der Waals surface area contributed by atoms with E-state index in [0.29, 0.717) is 0 Å². The highest BCUT2D eigenvalue weighted by Gasteiger charge is 1.65. The van der Waals surface area contributed by atoms with Crippen molar-refractivity contribution in [3.8, 4) is 0 Å². The molecule has 0 saturated heterocycles. The van der Waals surface area contributed by atoms with Crippen LogP contribution in [0, 0.1) is 0 Å². The molecule has 3 heteroatoms. The molecule has 1 N–H and O–H groups in total. The van der Waals surface area contributed by atoms with Gasteiger partial charge in [-0.3, -0.25) is 4.79 Å². The van der Waals surface area contributed by atoms with Crippen LogP contribution in [0.3, 0.4) is 0 Å². The molecule has 0 aromatic heterocycles. The Balaban J connectivity index is 0. The number of halogens is 1. The molecule has 0 rings (SSSR count). The van der Waals surface area contributed by atoms with E-state index >= 15 is 0 Å². The number of carboxylic acid groups (broad SMARTS) is 1.